The lowest BCUT2D eigenvalue weighted by molar-refractivity contribution is -0.139. The lowest BCUT2D eigenvalue weighted by atomic mass is 10.1. The Morgan fingerprint density at radius 2 is 1.56 bits per heavy atom. The second kappa shape index (κ2) is 13.3. The van der Waals surface area contributed by atoms with Crippen LogP contribution in [0.15, 0.2) is 35.8 Å². The van der Waals surface area contributed by atoms with Crippen LogP contribution in [0.25, 0.3) is 0 Å². The molecular weight excluding hydrogens is 340 g/mol. The number of amides is 3. The van der Waals surface area contributed by atoms with Crippen molar-refractivity contribution in [2.75, 3.05) is 0 Å². The standard InChI is InChI=1S/C12H12N2O4S.3C2H6/c1-3-7-9(4-2)19(18)14(12(7)17)8-5-6-10(15)13-11(8)16;3*1-2/h3-4,8H,1-2,5-6H2,(H,13,15,16);3*1-2H3. The first kappa shape index (κ1) is 25.2. The van der Waals surface area contributed by atoms with Gasteiger partial charge in [-0.05, 0) is 6.42 Å². The van der Waals surface area contributed by atoms with Crippen molar-refractivity contribution in [1.29, 1.82) is 0 Å². The predicted molar refractivity (Wildman–Crippen MR) is 103 cm³/mol. The number of nitrogens with one attached hydrogen (secondary N) is 1. The Morgan fingerprint density at radius 3 is 1.92 bits per heavy atom. The van der Waals surface area contributed by atoms with Crippen LogP contribution in [0.4, 0.5) is 0 Å². The number of nitrogens with zero attached hydrogens (tertiary/aromatic N) is 1. The summed E-state index contributed by atoms with van der Waals surface area (Å²) in [5.41, 5.74) is 0.179. The van der Waals surface area contributed by atoms with Gasteiger partial charge in [-0.3, -0.25) is 19.7 Å². The molecule has 0 bridgehead atoms. The Bertz CT molecular complexity index is 537. The van der Waals surface area contributed by atoms with Crippen molar-refractivity contribution >= 4 is 28.7 Å². The van der Waals surface area contributed by atoms with Crippen LogP contribution in [0.3, 0.4) is 0 Å². The van der Waals surface area contributed by atoms with Crippen LogP contribution >= 0.6 is 0 Å². The summed E-state index contributed by atoms with van der Waals surface area (Å²) in [5.74, 6) is -1.52. The van der Waals surface area contributed by atoms with E-state index in [1.807, 2.05) is 41.5 Å². The molecule has 0 aromatic heterocycles. The number of hydrogen-bond acceptors (Lipinski definition) is 4. The fourth-order valence-electron chi connectivity index (χ4n) is 2.03. The molecule has 6 nitrogen and oxygen atoms in total. The highest BCUT2D eigenvalue weighted by atomic mass is 32.2. The van der Waals surface area contributed by atoms with Gasteiger partial charge in [0.05, 0.1) is 10.5 Å². The van der Waals surface area contributed by atoms with Crippen LogP contribution in [0, 0.1) is 0 Å². The van der Waals surface area contributed by atoms with Gasteiger partial charge in [0.15, 0.2) is 11.0 Å². The summed E-state index contributed by atoms with van der Waals surface area (Å²) < 4.78 is 13.2. The highest BCUT2D eigenvalue weighted by Crippen LogP contribution is 2.30. The van der Waals surface area contributed by atoms with E-state index in [1.165, 1.54) is 12.2 Å². The van der Waals surface area contributed by atoms with Gasteiger partial charge in [0.25, 0.3) is 11.8 Å². The minimum absolute atomic E-state index is 0.115. The van der Waals surface area contributed by atoms with Gasteiger partial charge >= 0.3 is 0 Å². The van der Waals surface area contributed by atoms with Gasteiger partial charge in [0.1, 0.15) is 6.04 Å². The van der Waals surface area contributed by atoms with Gasteiger partial charge in [0, 0.05) is 6.42 Å². The van der Waals surface area contributed by atoms with E-state index >= 15 is 0 Å². The van der Waals surface area contributed by atoms with Crippen LogP contribution in [-0.2, 0) is 25.4 Å². The Morgan fingerprint density at radius 1 is 1.04 bits per heavy atom. The number of allylic oxidation sites excluding steroid dienone is 1. The number of hydrogen-bond donors (Lipinski definition) is 1. The zero-order valence-corrected chi connectivity index (χ0v) is 16.9. The van der Waals surface area contributed by atoms with Crippen molar-refractivity contribution in [2.45, 2.75) is 60.4 Å². The Labute approximate surface area is 153 Å². The van der Waals surface area contributed by atoms with Gasteiger partial charge in [-0.2, -0.15) is 0 Å². The third-order valence-corrected chi connectivity index (χ3v) is 4.49. The molecular formula is C18H30N2O4S. The SMILES string of the molecule is C=CC1=C(C=C)S(=O)N(C2CCC(=O)NC2=O)C1=O.CC.CC.CC. The highest BCUT2D eigenvalue weighted by Gasteiger charge is 2.43. The average Bonchev–Trinajstić information content (AvgIpc) is 2.90. The van der Waals surface area contributed by atoms with E-state index in [0.717, 1.165) is 4.31 Å². The summed E-state index contributed by atoms with van der Waals surface area (Å²) in [4.78, 5) is 35.2. The van der Waals surface area contributed by atoms with Gasteiger partial charge < -0.3 is 0 Å². The normalized spacial score (nSPS) is 21.7. The van der Waals surface area contributed by atoms with Crippen LogP contribution in [0.1, 0.15) is 54.4 Å². The Hall–Kier alpha value is -2.02. The van der Waals surface area contributed by atoms with Gasteiger partial charge in [-0.15, -0.1) is 0 Å². The lowest BCUT2D eigenvalue weighted by Gasteiger charge is -2.28. The third kappa shape index (κ3) is 5.77. The number of piperidine rings is 1. The Balaban J connectivity index is 0. The van der Waals surface area contributed by atoms with Crippen LogP contribution < -0.4 is 5.32 Å². The molecule has 3 amide bonds. The van der Waals surface area contributed by atoms with E-state index in [1.54, 1.807) is 0 Å². The quantitative estimate of drug-likeness (QED) is 0.774. The number of carbonyl (C=O) groups excluding carboxylic acids is 3. The molecule has 0 aromatic carbocycles. The first-order valence-electron chi connectivity index (χ1n) is 8.59. The fourth-order valence-corrected chi connectivity index (χ4v) is 3.43. The minimum atomic E-state index is -1.79. The Kier molecular flexibility index (Phi) is 13.4. The van der Waals surface area contributed by atoms with E-state index in [4.69, 9.17) is 0 Å². The first-order chi connectivity index (χ1) is 12.0. The summed E-state index contributed by atoms with van der Waals surface area (Å²) >= 11 is 0. The average molecular weight is 371 g/mol. The van der Waals surface area contributed by atoms with Crippen molar-refractivity contribution in [1.82, 2.24) is 9.62 Å². The molecule has 2 heterocycles. The summed E-state index contributed by atoms with van der Waals surface area (Å²) in [6.45, 7) is 19.0. The molecule has 0 aromatic rings. The van der Waals surface area contributed by atoms with Crippen LogP contribution in [0.2, 0.25) is 0 Å². The smallest absolute Gasteiger partial charge is 0.267 e. The predicted octanol–water partition coefficient (Wildman–Crippen LogP) is 3.00. The third-order valence-electron chi connectivity index (χ3n) is 2.95. The summed E-state index contributed by atoms with van der Waals surface area (Å²) in [6, 6.07) is -0.904. The maximum absolute atomic E-state index is 12.2. The second-order valence-corrected chi connectivity index (χ2v) is 5.36. The molecule has 0 aliphatic carbocycles. The molecule has 25 heavy (non-hydrogen) atoms. The molecule has 2 unspecified atom stereocenters. The molecule has 2 aliphatic rings. The highest BCUT2D eigenvalue weighted by molar-refractivity contribution is 7.88. The zero-order chi connectivity index (χ0) is 20.2. The maximum Gasteiger partial charge on any atom is 0.267 e. The van der Waals surface area contributed by atoms with E-state index in [9.17, 15) is 18.6 Å². The first-order valence-corrected chi connectivity index (χ1v) is 9.70. The van der Waals surface area contributed by atoms with Crippen molar-refractivity contribution in [3.05, 3.63) is 35.8 Å². The minimum Gasteiger partial charge on any atom is -0.295 e. The van der Waals surface area contributed by atoms with Gasteiger partial charge in [0.2, 0.25) is 5.91 Å². The van der Waals surface area contributed by atoms with E-state index in [0.29, 0.717) is 0 Å². The van der Waals surface area contributed by atoms with E-state index in [2.05, 4.69) is 18.5 Å². The van der Waals surface area contributed by atoms with Crippen molar-refractivity contribution in [2.24, 2.45) is 0 Å². The summed E-state index contributed by atoms with van der Waals surface area (Å²) in [7, 11) is -1.79. The number of rotatable bonds is 3. The lowest BCUT2D eigenvalue weighted by Crippen LogP contribution is -2.53. The fraction of sp³-hybridized carbons (Fsp3) is 0.500. The monoisotopic (exact) mass is 370 g/mol. The van der Waals surface area contributed by atoms with E-state index in [-0.39, 0.29) is 29.2 Å². The molecule has 2 aliphatic heterocycles. The van der Waals surface area contributed by atoms with Crippen molar-refractivity contribution < 1.29 is 18.6 Å². The molecule has 0 saturated carbocycles. The van der Waals surface area contributed by atoms with Gasteiger partial charge in [-0.25, -0.2) is 8.51 Å². The number of imide groups is 1. The molecule has 0 spiro atoms. The van der Waals surface area contributed by atoms with Crippen molar-refractivity contribution in [3.8, 4) is 0 Å². The molecule has 7 heteroatoms. The molecule has 0 radical (unpaired) electrons. The van der Waals surface area contributed by atoms with Crippen molar-refractivity contribution in [3.63, 3.8) is 0 Å². The zero-order valence-electron chi connectivity index (χ0n) is 16.0. The van der Waals surface area contributed by atoms with Crippen LogP contribution in [0.5, 0.6) is 0 Å². The van der Waals surface area contributed by atoms with Crippen LogP contribution in [-0.4, -0.2) is 32.3 Å². The van der Waals surface area contributed by atoms with E-state index < -0.39 is 28.8 Å². The maximum atomic E-state index is 12.2. The summed E-state index contributed by atoms with van der Waals surface area (Å²) in [6.07, 6.45) is 2.89. The topological polar surface area (TPSA) is 83.6 Å². The largest absolute Gasteiger partial charge is 0.295 e. The molecule has 2 rings (SSSR count). The molecule has 1 fully saturated rings. The van der Waals surface area contributed by atoms with Gasteiger partial charge in [-0.1, -0.05) is 66.9 Å². The molecule has 142 valence electrons. The molecule has 1 N–H and O–H groups in total. The molecule has 1 saturated heterocycles. The molecule has 2 atom stereocenters. The number of carbonyl (C=O) groups is 3. The summed E-state index contributed by atoms with van der Waals surface area (Å²) in [5, 5.41) is 2.14. The second-order valence-electron chi connectivity index (χ2n) is 4.03.